The fourth-order valence-corrected chi connectivity index (χ4v) is 2.46. The SMILES string of the molecule is COC(=O)C(C)C(C)N1CCCN(CCO)CC1. The Morgan fingerprint density at radius 1 is 1.28 bits per heavy atom. The monoisotopic (exact) mass is 258 g/mol. The summed E-state index contributed by atoms with van der Waals surface area (Å²) in [5.41, 5.74) is 0. The number of carbonyl (C=O) groups excluding carboxylic acids is 1. The van der Waals surface area contributed by atoms with Crippen molar-refractivity contribution in [2.75, 3.05) is 46.4 Å². The third kappa shape index (κ3) is 4.23. The molecule has 1 saturated heterocycles. The van der Waals surface area contributed by atoms with Crippen LogP contribution < -0.4 is 0 Å². The predicted octanol–water partition coefficient (Wildman–Crippen LogP) is 0.184. The average Bonchev–Trinajstić information content (AvgIpc) is 2.62. The highest BCUT2D eigenvalue weighted by Crippen LogP contribution is 2.15. The Hall–Kier alpha value is -0.650. The van der Waals surface area contributed by atoms with Crippen molar-refractivity contribution in [2.45, 2.75) is 26.3 Å². The molecule has 106 valence electrons. The highest BCUT2D eigenvalue weighted by molar-refractivity contribution is 5.72. The number of hydrogen-bond donors (Lipinski definition) is 1. The molecule has 0 aromatic rings. The summed E-state index contributed by atoms with van der Waals surface area (Å²) in [7, 11) is 1.44. The molecule has 2 atom stereocenters. The zero-order valence-electron chi connectivity index (χ0n) is 11.8. The van der Waals surface area contributed by atoms with Gasteiger partial charge in [-0.1, -0.05) is 6.92 Å². The predicted molar refractivity (Wildman–Crippen MR) is 70.4 cm³/mol. The maximum absolute atomic E-state index is 11.6. The molecule has 2 unspecified atom stereocenters. The Balaban J connectivity index is 2.49. The number of ether oxygens (including phenoxy) is 1. The van der Waals surface area contributed by atoms with E-state index in [4.69, 9.17) is 9.84 Å². The van der Waals surface area contributed by atoms with Gasteiger partial charge in [-0.2, -0.15) is 0 Å². The topological polar surface area (TPSA) is 53.0 Å². The maximum atomic E-state index is 11.6. The first-order chi connectivity index (χ1) is 8.60. The summed E-state index contributed by atoms with van der Waals surface area (Å²) >= 11 is 0. The van der Waals surface area contributed by atoms with Crippen LogP contribution in [0.2, 0.25) is 0 Å². The van der Waals surface area contributed by atoms with Crippen molar-refractivity contribution in [3.8, 4) is 0 Å². The molecule has 0 radical (unpaired) electrons. The molecule has 0 aromatic carbocycles. The lowest BCUT2D eigenvalue weighted by atomic mass is 10.0. The van der Waals surface area contributed by atoms with Gasteiger partial charge in [-0.25, -0.2) is 0 Å². The maximum Gasteiger partial charge on any atom is 0.309 e. The van der Waals surface area contributed by atoms with Gasteiger partial charge < -0.3 is 9.84 Å². The lowest BCUT2D eigenvalue weighted by Crippen LogP contribution is -2.43. The van der Waals surface area contributed by atoms with Crippen molar-refractivity contribution in [1.82, 2.24) is 9.80 Å². The standard InChI is InChI=1S/C13H26N2O3/c1-11(13(17)18-3)12(2)15-6-4-5-14(7-8-15)9-10-16/h11-12,16H,4-10H2,1-3H3. The van der Waals surface area contributed by atoms with Crippen LogP contribution in [0.5, 0.6) is 0 Å². The molecule has 5 heteroatoms. The molecular formula is C13H26N2O3. The summed E-state index contributed by atoms with van der Waals surface area (Å²) < 4.78 is 4.81. The van der Waals surface area contributed by atoms with Crippen LogP contribution in [0.4, 0.5) is 0 Å². The summed E-state index contributed by atoms with van der Waals surface area (Å²) in [5, 5.41) is 8.96. The third-order valence-electron chi connectivity index (χ3n) is 3.91. The average molecular weight is 258 g/mol. The Labute approximate surface area is 110 Å². The summed E-state index contributed by atoms with van der Waals surface area (Å²) in [4.78, 5) is 16.2. The van der Waals surface area contributed by atoms with Gasteiger partial charge in [0.25, 0.3) is 0 Å². The van der Waals surface area contributed by atoms with E-state index in [-0.39, 0.29) is 24.5 Å². The molecule has 0 bridgehead atoms. The first-order valence-corrected chi connectivity index (χ1v) is 6.75. The molecule has 1 heterocycles. The fraction of sp³-hybridized carbons (Fsp3) is 0.923. The normalized spacial score (nSPS) is 22.2. The number of aliphatic hydroxyl groups excluding tert-OH is 1. The van der Waals surface area contributed by atoms with Crippen LogP contribution in [0.1, 0.15) is 20.3 Å². The van der Waals surface area contributed by atoms with Crippen LogP contribution in [-0.2, 0) is 9.53 Å². The summed E-state index contributed by atoms with van der Waals surface area (Å²) in [6.45, 7) is 8.90. The van der Waals surface area contributed by atoms with Crippen molar-refractivity contribution >= 4 is 5.97 Å². The van der Waals surface area contributed by atoms with Crippen LogP contribution in [0.25, 0.3) is 0 Å². The molecular weight excluding hydrogens is 232 g/mol. The molecule has 0 saturated carbocycles. The van der Waals surface area contributed by atoms with E-state index in [1.54, 1.807) is 0 Å². The number of aliphatic hydroxyl groups is 1. The number of carbonyl (C=O) groups is 1. The number of hydrogen-bond acceptors (Lipinski definition) is 5. The van der Waals surface area contributed by atoms with Crippen molar-refractivity contribution in [3.05, 3.63) is 0 Å². The van der Waals surface area contributed by atoms with Gasteiger partial charge in [0.1, 0.15) is 0 Å². The van der Waals surface area contributed by atoms with Gasteiger partial charge in [0.15, 0.2) is 0 Å². The largest absolute Gasteiger partial charge is 0.469 e. The van der Waals surface area contributed by atoms with E-state index < -0.39 is 0 Å². The van der Waals surface area contributed by atoms with Crippen molar-refractivity contribution in [3.63, 3.8) is 0 Å². The van der Waals surface area contributed by atoms with E-state index in [9.17, 15) is 4.79 Å². The highest BCUT2D eigenvalue weighted by Gasteiger charge is 2.27. The van der Waals surface area contributed by atoms with Crippen molar-refractivity contribution in [1.29, 1.82) is 0 Å². The lowest BCUT2D eigenvalue weighted by Gasteiger charge is -2.30. The van der Waals surface area contributed by atoms with E-state index in [0.717, 1.165) is 39.1 Å². The van der Waals surface area contributed by atoms with E-state index >= 15 is 0 Å². The van der Waals surface area contributed by atoms with Crippen molar-refractivity contribution in [2.24, 2.45) is 5.92 Å². The van der Waals surface area contributed by atoms with Gasteiger partial charge in [-0.3, -0.25) is 14.6 Å². The Bertz CT molecular complexity index is 261. The molecule has 0 amide bonds. The second-order valence-corrected chi connectivity index (χ2v) is 5.01. The second kappa shape index (κ2) is 7.71. The van der Waals surface area contributed by atoms with Crippen LogP contribution in [0, 0.1) is 5.92 Å². The van der Waals surface area contributed by atoms with Crippen LogP contribution >= 0.6 is 0 Å². The Kier molecular flexibility index (Phi) is 6.60. The number of rotatable bonds is 5. The van der Waals surface area contributed by atoms with Gasteiger partial charge in [-0.15, -0.1) is 0 Å². The summed E-state index contributed by atoms with van der Waals surface area (Å²) in [5.74, 6) is -0.238. The fourth-order valence-electron chi connectivity index (χ4n) is 2.46. The minimum atomic E-state index is -0.140. The molecule has 0 aromatic heterocycles. The molecule has 5 nitrogen and oxygen atoms in total. The van der Waals surface area contributed by atoms with Gasteiger partial charge in [0.2, 0.25) is 0 Å². The quantitative estimate of drug-likeness (QED) is 0.713. The first kappa shape index (κ1) is 15.4. The number of β-amino-alcohol motifs (C(OH)–C–C–N with tert-alkyl or cyclic N) is 1. The molecule has 1 fully saturated rings. The van der Waals surface area contributed by atoms with E-state index in [2.05, 4.69) is 16.7 Å². The highest BCUT2D eigenvalue weighted by atomic mass is 16.5. The van der Waals surface area contributed by atoms with Crippen LogP contribution in [0.3, 0.4) is 0 Å². The number of nitrogens with zero attached hydrogens (tertiary/aromatic N) is 2. The minimum absolute atomic E-state index is 0.0978. The van der Waals surface area contributed by atoms with E-state index in [1.807, 2.05) is 6.92 Å². The Morgan fingerprint density at radius 2 is 2.00 bits per heavy atom. The van der Waals surface area contributed by atoms with Gasteiger partial charge in [0.05, 0.1) is 19.6 Å². The van der Waals surface area contributed by atoms with Crippen molar-refractivity contribution < 1.29 is 14.6 Å². The first-order valence-electron chi connectivity index (χ1n) is 6.75. The zero-order valence-corrected chi connectivity index (χ0v) is 11.8. The third-order valence-corrected chi connectivity index (χ3v) is 3.91. The Morgan fingerprint density at radius 3 is 2.61 bits per heavy atom. The van der Waals surface area contributed by atoms with Crippen LogP contribution in [-0.4, -0.2) is 73.4 Å². The zero-order chi connectivity index (χ0) is 13.5. The van der Waals surface area contributed by atoms with Gasteiger partial charge in [0, 0.05) is 25.7 Å². The number of methoxy groups -OCH3 is 1. The molecule has 1 aliphatic rings. The summed E-state index contributed by atoms with van der Waals surface area (Å²) in [6, 6.07) is 0.200. The smallest absolute Gasteiger partial charge is 0.309 e. The molecule has 1 N–H and O–H groups in total. The minimum Gasteiger partial charge on any atom is -0.469 e. The van der Waals surface area contributed by atoms with E-state index in [1.165, 1.54) is 7.11 Å². The summed E-state index contributed by atoms with van der Waals surface area (Å²) in [6.07, 6.45) is 1.08. The lowest BCUT2D eigenvalue weighted by molar-refractivity contribution is -0.147. The van der Waals surface area contributed by atoms with E-state index in [0.29, 0.717) is 0 Å². The number of esters is 1. The van der Waals surface area contributed by atoms with Gasteiger partial charge in [-0.05, 0) is 26.4 Å². The second-order valence-electron chi connectivity index (χ2n) is 5.01. The molecule has 0 spiro atoms. The van der Waals surface area contributed by atoms with Gasteiger partial charge >= 0.3 is 5.97 Å². The molecule has 18 heavy (non-hydrogen) atoms. The molecule has 1 aliphatic heterocycles. The van der Waals surface area contributed by atoms with Crippen LogP contribution in [0.15, 0.2) is 0 Å². The molecule has 0 aliphatic carbocycles. The molecule has 1 rings (SSSR count).